The summed E-state index contributed by atoms with van der Waals surface area (Å²) in [5, 5.41) is 0. The van der Waals surface area contributed by atoms with Crippen LogP contribution in [-0.2, 0) is 0 Å². The molecule has 0 aromatic carbocycles. The van der Waals surface area contributed by atoms with Gasteiger partial charge in [-0.25, -0.2) is 0 Å². The number of nitrogens with zero attached hydrogens (tertiary/aromatic N) is 1. The Morgan fingerprint density at radius 2 is 1.69 bits per heavy atom. The fraction of sp³-hybridized carbons (Fsp3) is 1.00. The maximum absolute atomic E-state index is 12.2. The van der Waals surface area contributed by atoms with Gasteiger partial charge < -0.3 is 5.73 Å². The van der Waals surface area contributed by atoms with E-state index >= 15 is 0 Å². The molecule has 0 fully saturated rings. The van der Waals surface area contributed by atoms with Crippen LogP contribution in [0.3, 0.4) is 0 Å². The van der Waals surface area contributed by atoms with Crippen LogP contribution >= 0.6 is 0 Å². The van der Waals surface area contributed by atoms with Crippen LogP contribution in [0.5, 0.6) is 0 Å². The van der Waals surface area contributed by atoms with Crippen molar-refractivity contribution >= 4 is 0 Å². The topological polar surface area (TPSA) is 29.3 Å². The Morgan fingerprint density at radius 1 is 1.19 bits per heavy atom. The average Bonchev–Trinajstić information content (AvgIpc) is 2.08. The lowest BCUT2D eigenvalue weighted by atomic mass is 9.85. The third kappa shape index (κ3) is 7.06. The molecule has 0 saturated heterocycles. The molecule has 0 rings (SSSR count). The van der Waals surface area contributed by atoms with E-state index in [1.807, 2.05) is 20.8 Å². The minimum absolute atomic E-state index is 0.0579. The monoisotopic (exact) mass is 240 g/mol. The van der Waals surface area contributed by atoms with Crippen molar-refractivity contribution in [2.24, 2.45) is 11.1 Å². The molecule has 16 heavy (non-hydrogen) atoms. The van der Waals surface area contributed by atoms with E-state index in [9.17, 15) is 13.2 Å². The standard InChI is InChI=1S/C11H23F3N2/c1-5-16(8-11(12,13)14)7-6-9(15)10(2,3)4/h9H,5-8,15H2,1-4H3. The molecule has 0 saturated carbocycles. The molecular weight excluding hydrogens is 217 g/mol. The van der Waals surface area contributed by atoms with Gasteiger partial charge in [-0.1, -0.05) is 27.7 Å². The van der Waals surface area contributed by atoms with Gasteiger partial charge in [-0.05, 0) is 24.9 Å². The molecule has 2 N–H and O–H groups in total. The molecule has 1 unspecified atom stereocenters. The third-order valence-corrected chi connectivity index (χ3v) is 2.72. The highest BCUT2D eigenvalue weighted by Crippen LogP contribution is 2.21. The van der Waals surface area contributed by atoms with E-state index in [0.29, 0.717) is 19.5 Å². The van der Waals surface area contributed by atoms with Crippen molar-refractivity contribution in [1.29, 1.82) is 0 Å². The molecule has 0 aromatic rings. The fourth-order valence-corrected chi connectivity index (χ4v) is 1.36. The van der Waals surface area contributed by atoms with Gasteiger partial charge in [0.1, 0.15) is 0 Å². The molecule has 0 amide bonds. The molecule has 5 heteroatoms. The second-order valence-corrected chi connectivity index (χ2v) is 5.25. The van der Waals surface area contributed by atoms with Gasteiger partial charge in [0.25, 0.3) is 0 Å². The van der Waals surface area contributed by atoms with Gasteiger partial charge in [0.2, 0.25) is 0 Å². The van der Waals surface area contributed by atoms with Crippen LogP contribution in [0.2, 0.25) is 0 Å². The summed E-state index contributed by atoms with van der Waals surface area (Å²) in [6.45, 7) is 7.67. The van der Waals surface area contributed by atoms with Crippen LogP contribution in [0.25, 0.3) is 0 Å². The van der Waals surface area contributed by atoms with E-state index in [4.69, 9.17) is 5.73 Å². The van der Waals surface area contributed by atoms with Crippen molar-refractivity contribution in [3.05, 3.63) is 0 Å². The summed E-state index contributed by atoms with van der Waals surface area (Å²) in [7, 11) is 0. The first-order chi connectivity index (χ1) is 7.06. The van der Waals surface area contributed by atoms with Crippen LogP contribution in [0.1, 0.15) is 34.1 Å². The van der Waals surface area contributed by atoms with Crippen molar-refractivity contribution in [3.8, 4) is 0 Å². The lowest BCUT2D eigenvalue weighted by molar-refractivity contribution is -0.145. The van der Waals surface area contributed by atoms with E-state index in [1.54, 1.807) is 6.92 Å². The predicted molar refractivity (Wildman–Crippen MR) is 60.2 cm³/mol. The molecule has 0 radical (unpaired) electrons. The van der Waals surface area contributed by atoms with Crippen LogP contribution in [0.4, 0.5) is 13.2 Å². The van der Waals surface area contributed by atoms with Crippen molar-refractivity contribution in [2.45, 2.75) is 46.3 Å². The van der Waals surface area contributed by atoms with Gasteiger partial charge in [-0.3, -0.25) is 4.90 Å². The lowest BCUT2D eigenvalue weighted by Crippen LogP contribution is -2.41. The molecule has 0 aliphatic heterocycles. The minimum Gasteiger partial charge on any atom is -0.327 e. The van der Waals surface area contributed by atoms with Crippen LogP contribution in [0, 0.1) is 5.41 Å². The molecule has 2 nitrogen and oxygen atoms in total. The van der Waals surface area contributed by atoms with Crippen LogP contribution in [0.15, 0.2) is 0 Å². The van der Waals surface area contributed by atoms with Gasteiger partial charge in [-0.2, -0.15) is 13.2 Å². The summed E-state index contributed by atoms with van der Waals surface area (Å²) in [6.07, 6.45) is -3.53. The van der Waals surface area contributed by atoms with Crippen LogP contribution in [-0.4, -0.2) is 36.8 Å². The number of hydrogen-bond donors (Lipinski definition) is 1. The Hall–Kier alpha value is -0.290. The summed E-state index contributed by atoms with van der Waals surface area (Å²) in [5.74, 6) is 0. The van der Waals surface area contributed by atoms with E-state index in [0.717, 1.165) is 0 Å². The van der Waals surface area contributed by atoms with Gasteiger partial charge in [0.05, 0.1) is 6.54 Å². The molecule has 0 aromatic heterocycles. The number of nitrogens with two attached hydrogens (primary N) is 1. The summed E-state index contributed by atoms with van der Waals surface area (Å²) < 4.78 is 36.5. The first-order valence-corrected chi connectivity index (χ1v) is 5.61. The third-order valence-electron chi connectivity index (χ3n) is 2.72. The highest BCUT2D eigenvalue weighted by molar-refractivity contribution is 4.78. The molecular formula is C11H23F3N2. The number of rotatable bonds is 5. The second-order valence-electron chi connectivity index (χ2n) is 5.25. The van der Waals surface area contributed by atoms with Crippen LogP contribution < -0.4 is 5.73 Å². The quantitative estimate of drug-likeness (QED) is 0.800. The van der Waals surface area contributed by atoms with Gasteiger partial charge >= 0.3 is 6.18 Å². The number of hydrogen-bond acceptors (Lipinski definition) is 2. The Morgan fingerprint density at radius 3 is 2.00 bits per heavy atom. The highest BCUT2D eigenvalue weighted by Gasteiger charge is 2.30. The Bertz CT molecular complexity index is 196. The predicted octanol–water partition coefficient (Wildman–Crippen LogP) is 2.63. The van der Waals surface area contributed by atoms with Gasteiger partial charge in [0.15, 0.2) is 0 Å². The molecule has 0 bridgehead atoms. The highest BCUT2D eigenvalue weighted by atomic mass is 19.4. The molecule has 0 spiro atoms. The molecule has 0 aliphatic carbocycles. The Balaban J connectivity index is 4.06. The van der Waals surface area contributed by atoms with Crippen molar-refractivity contribution in [3.63, 3.8) is 0 Å². The maximum Gasteiger partial charge on any atom is 0.401 e. The lowest BCUT2D eigenvalue weighted by Gasteiger charge is -2.30. The van der Waals surface area contributed by atoms with E-state index in [1.165, 1.54) is 4.90 Å². The summed E-state index contributed by atoms with van der Waals surface area (Å²) in [5.41, 5.74) is 5.85. The zero-order valence-corrected chi connectivity index (χ0v) is 10.6. The average molecular weight is 240 g/mol. The SMILES string of the molecule is CCN(CCC(N)C(C)(C)C)CC(F)(F)F. The smallest absolute Gasteiger partial charge is 0.327 e. The first kappa shape index (κ1) is 15.7. The van der Waals surface area contributed by atoms with Crippen molar-refractivity contribution < 1.29 is 13.2 Å². The molecule has 0 aliphatic rings. The van der Waals surface area contributed by atoms with Gasteiger partial charge in [-0.15, -0.1) is 0 Å². The van der Waals surface area contributed by atoms with E-state index in [-0.39, 0.29) is 11.5 Å². The normalized spacial score (nSPS) is 15.6. The van der Waals surface area contributed by atoms with E-state index in [2.05, 4.69) is 0 Å². The molecule has 1 atom stereocenters. The first-order valence-electron chi connectivity index (χ1n) is 5.61. The fourth-order valence-electron chi connectivity index (χ4n) is 1.36. The number of alkyl halides is 3. The maximum atomic E-state index is 12.2. The Labute approximate surface area is 96.0 Å². The van der Waals surface area contributed by atoms with Gasteiger partial charge in [0, 0.05) is 6.04 Å². The van der Waals surface area contributed by atoms with Crippen molar-refractivity contribution in [2.75, 3.05) is 19.6 Å². The molecule has 98 valence electrons. The van der Waals surface area contributed by atoms with Crippen molar-refractivity contribution in [1.82, 2.24) is 4.90 Å². The largest absolute Gasteiger partial charge is 0.401 e. The number of halogens is 3. The zero-order chi connectivity index (χ0) is 13.0. The zero-order valence-electron chi connectivity index (χ0n) is 10.6. The summed E-state index contributed by atoms with van der Waals surface area (Å²) in [4.78, 5) is 1.38. The minimum atomic E-state index is -4.12. The summed E-state index contributed by atoms with van der Waals surface area (Å²) in [6, 6.07) is -0.0743. The Kier molecular flexibility index (Phi) is 5.76. The summed E-state index contributed by atoms with van der Waals surface area (Å²) >= 11 is 0. The van der Waals surface area contributed by atoms with E-state index < -0.39 is 12.7 Å². The molecule has 0 heterocycles. The second kappa shape index (κ2) is 5.87.